The molecule has 1 amide bonds. The van der Waals surface area contributed by atoms with Crippen molar-refractivity contribution in [2.24, 2.45) is 5.41 Å². The molecule has 1 fully saturated rings. The number of benzene rings is 1. The molecule has 0 spiro atoms. The summed E-state index contributed by atoms with van der Waals surface area (Å²) in [5.74, 6) is 1.10. The summed E-state index contributed by atoms with van der Waals surface area (Å²) in [6, 6.07) is 11.7. The molecule has 0 aliphatic carbocycles. The first-order valence-electron chi connectivity index (χ1n) is 9.87. The summed E-state index contributed by atoms with van der Waals surface area (Å²) in [5, 5.41) is 7.27. The lowest BCUT2D eigenvalue weighted by atomic mass is 9.73. The van der Waals surface area contributed by atoms with Crippen molar-refractivity contribution in [2.75, 3.05) is 25.1 Å². The lowest BCUT2D eigenvalue weighted by molar-refractivity contribution is -0.133. The third-order valence-corrected chi connectivity index (χ3v) is 5.27. The fourth-order valence-electron chi connectivity index (χ4n) is 3.78. The molecule has 1 aromatic carbocycles. The summed E-state index contributed by atoms with van der Waals surface area (Å²) in [7, 11) is 1.58. The van der Waals surface area contributed by atoms with Gasteiger partial charge in [-0.1, -0.05) is 30.3 Å². The van der Waals surface area contributed by atoms with Crippen molar-refractivity contribution < 1.29 is 9.53 Å². The van der Waals surface area contributed by atoms with Gasteiger partial charge in [0.05, 0.1) is 19.1 Å². The van der Waals surface area contributed by atoms with Gasteiger partial charge in [0, 0.05) is 31.4 Å². The van der Waals surface area contributed by atoms with Gasteiger partial charge in [0.25, 0.3) is 0 Å². The van der Waals surface area contributed by atoms with Gasteiger partial charge < -0.3 is 15.0 Å². The Morgan fingerprint density at radius 2 is 2.07 bits per heavy atom. The van der Waals surface area contributed by atoms with E-state index in [1.807, 2.05) is 30.0 Å². The number of hydrogen-bond donors (Lipinski definition) is 1. The Morgan fingerprint density at radius 3 is 2.77 bits per heavy atom. The van der Waals surface area contributed by atoms with Crippen LogP contribution in [0.3, 0.4) is 0 Å². The van der Waals surface area contributed by atoms with Gasteiger partial charge in [-0.3, -0.25) is 9.48 Å². The molecule has 0 bridgehead atoms. The van der Waals surface area contributed by atoms with E-state index in [-0.39, 0.29) is 11.9 Å². The van der Waals surface area contributed by atoms with E-state index in [4.69, 9.17) is 4.74 Å². The summed E-state index contributed by atoms with van der Waals surface area (Å²) in [5.41, 5.74) is 0.576. The Morgan fingerprint density at radius 1 is 1.27 bits per heavy atom. The number of amides is 1. The Balaban J connectivity index is 1.49. The van der Waals surface area contributed by atoms with Crippen LogP contribution in [-0.2, 0) is 17.8 Å². The van der Waals surface area contributed by atoms with Crippen LogP contribution in [0, 0.1) is 5.41 Å². The number of rotatable bonds is 8. The Bertz CT molecular complexity index is 972. The minimum Gasteiger partial charge on any atom is -0.481 e. The normalized spacial score (nSPS) is 15.9. The van der Waals surface area contributed by atoms with Gasteiger partial charge in [0.2, 0.25) is 17.7 Å². The number of methoxy groups -OCH3 is 1. The van der Waals surface area contributed by atoms with E-state index in [2.05, 4.69) is 37.5 Å². The van der Waals surface area contributed by atoms with Gasteiger partial charge in [-0.15, -0.1) is 0 Å². The number of nitrogens with one attached hydrogen (secondary N) is 1. The highest BCUT2D eigenvalue weighted by Crippen LogP contribution is 2.37. The van der Waals surface area contributed by atoms with Crippen LogP contribution < -0.4 is 15.0 Å². The predicted octanol–water partition coefficient (Wildman–Crippen LogP) is 1.33. The molecule has 2 aromatic heterocycles. The molecule has 3 heterocycles. The topological polar surface area (TPSA) is 98.1 Å². The van der Waals surface area contributed by atoms with Gasteiger partial charge in [0.15, 0.2) is 0 Å². The van der Waals surface area contributed by atoms with Crippen molar-refractivity contribution in [2.45, 2.75) is 25.9 Å². The molecular weight excluding hydrogens is 382 g/mol. The summed E-state index contributed by atoms with van der Waals surface area (Å²) >= 11 is 0. The second kappa shape index (κ2) is 8.48. The average Bonchev–Trinajstić information content (AvgIpc) is 3.24. The molecule has 1 N–H and O–H groups in total. The number of anilines is 1. The SMILES string of the molecule is COc1ccnc(N2CC(Cc3ccccc3)(C(=O)NC(C)Cn3cncn3)C2)n1. The van der Waals surface area contributed by atoms with Gasteiger partial charge >= 0.3 is 0 Å². The third kappa shape index (κ3) is 4.24. The number of aromatic nitrogens is 5. The van der Waals surface area contributed by atoms with E-state index < -0.39 is 5.41 Å². The predicted molar refractivity (Wildman–Crippen MR) is 111 cm³/mol. The largest absolute Gasteiger partial charge is 0.481 e. The van der Waals surface area contributed by atoms with Crippen LogP contribution in [0.4, 0.5) is 5.95 Å². The Hall–Kier alpha value is -3.49. The molecule has 9 nitrogen and oxygen atoms in total. The maximum atomic E-state index is 13.3. The summed E-state index contributed by atoms with van der Waals surface area (Å²) < 4.78 is 6.92. The zero-order valence-electron chi connectivity index (χ0n) is 17.1. The van der Waals surface area contributed by atoms with Crippen molar-refractivity contribution in [1.82, 2.24) is 30.0 Å². The lowest BCUT2D eigenvalue weighted by Crippen LogP contribution is -2.65. The fourth-order valence-corrected chi connectivity index (χ4v) is 3.78. The number of carbonyl (C=O) groups excluding carboxylic acids is 1. The van der Waals surface area contributed by atoms with Crippen LogP contribution in [0.15, 0.2) is 55.2 Å². The van der Waals surface area contributed by atoms with Crippen LogP contribution in [0.1, 0.15) is 12.5 Å². The van der Waals surface area contributed by atoms with Crippen molar-refractivity contribution in [3.63, 3.8) is 0 Å². The molecule has 3 aromatic rings. The first-order chi connectivity index (χ1) is 14.6. The van der Waals surface area contributed by atoms with E-state index in [0.717, 1.165) is 5.56 Å². The monoisotopic (exact) mass is 407 g/mol. The number of carbonyl (C=O) groups is 1. The van der Waals surface area contributed by atoms with Gasteiger partial charge in [0.1, 0.15) is 12.7 Å². The first-order valence-corrected chi connectivity index (χ1v) is 9.87. The molecule has 1 aliphatic rings. The van der Waals surface area contributed by atoms with Crippen molar-refractivity contribution in [3.05, 3.63) is 60.8 Å². The number of ether oxygens (including phenoxy) is 1. The van der Waals surface area contributed by atoms with E-state index in [0.29, 0.717) is 37.9 Å². The van der Waals surface area contributed by atoms with Crippen LogP contribution in [-0.4, -0.2) is 56.9 Å². The molecule has 1 unspecified atom stereocenters. The Labute approximate surface area is 175 Å². The van der Waals surface area contributed by atoms with Crippen LogP contribution in [0.5, 0.6) is 5.88 Å². The lowest BCUT2D eigenvalue weighted by Gasteiger charge is -2.49. The molecule has 4 rings (SSSR count). The van der Waals surface area contributed by atoms with Gasteiger partial charge in [-0.2, -0.15) is 10.1 Å². The number of nitrogens with zero attached hydrogens (tertiary/aromatic N) is 6. The van der Waals surface area contributed by atoms with Crippen LogP contribution >= 0.6 is 0 Å². The maximum absolute atomic E-state index is 13.3. The van der Waals surface area contributed by atoms with Crippen LogP contribution in [0.25, 0.3) is 0 Å². The first kappa shape index (κ1) is 19.8. The average molecular weight is 407 g/mol. The smallest absolute Gasteiger partial charge is 0.230 e. The Kier molecular flexibility index (Phi) is 5.60. The van der Waals surface area contributed by atoms with E-state index in [1.54, 1.807) is 30.4 Å². The van der Waals surface area contributed by atoms with Crippen molar-refractivity contribution >= 4 is 11.9 Å². The zero-order valence-corrected chi connectivity index (χ0v) is 17.1. The molecule has 1 saturated heterocycles. The van der Waals surface area contributed by atoms with Gasteiger partial charge in [-0.25, -0.2) is 9.97 Å². The second-order valence-electron chi connectivity index (χ2n) is 7.69. The summed E-state index contributed by atoms with van der Waals surface area (Å²) in [6.07, 6.45) is 5.45. The van der Waals surface area contributed by atoms with Crippen molar-refractivity contribution in [1.29, 1.82) is 0 Å². The van der Waals surface area contributed by atoms with E-state index in [1.165, 1.54) is 6.33 Å². The van der Waals surface area contributed by atoms with Gasteiger partial charge in [-0.05, 0) is 18.9 Å². The van der Waals surface area contributed by atoms with Crippen molar-refractivity contribution in [3.8, 4) is 5.88 Å². The third-order valence-electron chi connectivity index (χ3n) is 5.27. The molecule has 156 valence electrons. The minimum atomic E-state index is -0.551. The molecular formula is C21H25N7O2. The fraction of sp³-hybridized carbons (Fsp3) is 0.381. The highest BCUT2D eigenvalue weighted by Gasteiger charge is 2.50. The molecule has 1 aliphatic heterocycles. The summed E-state index contributed by atoms with van der Waals surface area (Å²) in [4.78, 5) is 28.0. The number of hydrogen-bond acceptors (Lipinski definition) is 7. The second-order valence-corrected chi connectivity index (χ2v) is 7.69. The highest BCUT2D eigenvalue weighted by atomic mass is 16.5. The molecule has 0 radical (unpaired) electrons. The zero-order chi connectivity index (χ0) is 21.0. The standard InChI is InChI=1S/C21H25N7O2/c1-16(11-28-15-22-14-24-28)25-19(29)21(10-17-6-4-3-5-7-17)12-27(13-21)20-23-9-8-18(26-20)30-2/h3-9,14-16H,10-13H2,1-2H3,(H,25,29). The van der Waals surface area contributed by atoms with E-state index in [9.17, 15) is 4.79 Å². The van der Waals surface area contributed by atoms with Crippen LogP contribution in [0.2, 0.25) is 0 Å². The maximum Gasteiger partial charge on any atom is 0.230 e. The highest BCUT2D eigenvalue weighted by molar-refractivity contribution is 5.86. The quantitative estimate of drug-likeness (QED) is 0.601. The minimum absolute atomic E-state index is 0.0260. The molecule has 0 saturated carbocycles. The molecule has 30 heavy (non-hydrogen) atoms. The van der Waals surface area contributed by atoms with E-state index >= 15 is 0 Å². The summed E-state index contributed by atoms with van der Waals surface area (Å²) in [6.45, 7) is 3.61. The molecule has 1 atom stereocenters. The molecule has 9 heteroatoms.